The summed E-state index contributed by atoms with van der Waals surface area (Å²) in [4.78, 5) is 12.4. The minimum absolute atomic E-state index is 0.0884. The molecule has 0 bridgehead atoms. The number of ketones is 1. The van der Waals surface area contributed by atoms with E-state index in [4.69, 9.17) is 4.74 Å². The Morgan fingerprint density at radius 3 is 2.69 bits per heavy atom. The van der Waals surface area contributed by atoms with Gasteiger partial charge in [0.1, 0.15) is 18.1 Å². The lowest BCUT2D eigenvalue weighted by Crippen LogP contribution is -2.40. The average Bonchev–Trinajstić information content (AvgIpc) is 2.65. The first-order valence-corrected chi connectivity index (χ1v) is 8.67. The van der Waals surface area contributed by atoms with Crippen molar-refractivity contribution in [2.24, 2.45) is 5.92 Å². The minimum Gasteiger partial charge on any atom is -0.507 e. The largest absolute Gasteiger partial charge is 0.507 e. The molecular formula is C22H20O4. The van der Waals surface area contributed by atoms with Crippen molar-refractivity contribution in [2.45, 2.75) is 25.6 Å². The molecule has 2 aromatic carbocycles. The van der Waals surface area contributed by atoms with Gasteiger partial charge in [-0.2, -0.15) is 0 Å². The summed E-state index contributed by atoms with van der Waals surface area (Å²) in [7, 11) is 0. The van der Waals surface area contributed by atoms with E-state index in [1.807, 2.05) is 30.3 Å². The normalized spacial score (nSPS) is 24.2. The number of fused-ring (bicyclic) bond motifs is 2. The maximum Gasteiger partial charge on any atom is 0.185 e. The molecule has 0 amide bonds. The molecule has 0 unspecified atom stereocenters. The molecule has 0 saturated carbocycles. The standard InChI is InChI=1S/C22H20O4/c1-22(25)15-9-5-11-17(23)19(15)21(24)20-16(22)10-6-12-18(20)26-13-14-7-3-2-4-8-14/h2-8,10-12,15,24-25H,9,13H2,1H3/t15-,22-/m0/s1. The van der Waals surface area contributed by atoms with Crippen molar-refractivity contribution in [3.8, 4) is 5.75 Å². The average molecular weight is 348 g/mol. The molecule has 0 aromatic heterocycles. The first kappa shape index (κ1) is 16.6. The number of aliphatic hydroxyl groups excluding tert-OH is 1. The highest BCUT2D eigenvalue weighted by Crippen LogP contribution is 2.50. The van der Waals surface area contributed by atoms with E-state index in [-0.39, 0.29) is 17.1 Å². The van der Waals surface area contributed by atoms with Crippen LogP contribution < -0.4 is 4.74 Å². The number of ether oxygens (including phenoxy) is 1. The smallest absolute Gasteiger partial charge is 0.185 e. The molecule has 0 saturated heterocycles. The molecule has 2 atom stereocenters. The number of benzene rings is 2. The molecule has 0 heterocycles. The Kier molecular flexibility index (Phi) is 3.93. The van der Waals surface area contributed by atoms with Crippen LogP contribution in [0.5, 0.6) is 5.75 Å². The van der Waals surface area contributed by atoms with E-state index >= 15 is 0 Å². The summed E-state index contributed by atoms with van der Waals surface area (Å²) in [5, 5.41) is 22.1. The molecule has 0 radical (unpaired) electrons. The van der Waals surface area contributed by atoms with Crippen LogP contribution in [0.15, 0.2) is 66.3 Å². The third-order valence-corrected chi connectivity index (χ3v) is 5.23. The van der Waals surface area contributed by atoms with Crippen LogP contribution >= 0.6 is 0 Å². The molecule has 2 aromatic rings. The highest BCUT2D eigenvalue weighted by atomic mass is 16.5. The molecule has 2 aliphatic carbocycles. The predicted molar refractivity (Wildman–Crippen MR) is 98.6 cm³/mol. The molecule has 2 aliphatic rings. The molecular weight excluding hydrogens is 328 g/mol. The lowest BCUT2D eigenvalue weighted by atomic mass is 9.67. The van der Waals surface area contributed by atoms with Crippen LogP contribution in [0.4, 0.5) is 0 Å². The van der Waals surface area contributed by atoms with E-state index < -0.39 is 11.5 Å². The number of carbonyl (C=O) groups is 1. The van der Waals surface area contributed by atoms with Crippen molar-refractivity contribution < 1.29 is 19.7 Å². The number of allylic oxidation sites excluding steroid dienone is 2. The van der Waals surface area contributed by atoms with Crippen molar-refractivity contribution in [1.29, 1.82) is 0 Å². The zero-order valence-corrected chi connectivity index (χ0v) is 14.5. The summed E-state index contributed by atoms with van der Waals surface area (Å²) in [6.07, 6.45) is 3.71. The van der Waals surface area contributed by atoms with Gasteiger partial charge in [-0.3, -0.25) is 4.79 Å². The zero-order chi connectivity index (χ0) is 18.3. The van der Waals surface area contributed by atoms with Crippen molar-refractivity contribution in [1.82, 2.24) is 0 Å². The van der Waals surface area contributed by atoms with Crippen molar-refractivity contribution in [3.63, 3.8) is 0 Å². The summed E-state index contributed by atoms with van der Waals surface area (Å²) in [6.45, 7) is 2.02. The molecule has 4 nitrogen and oxygen atoms in total. The van der Waals surface area contributed by atoms with Gasteiger partial charge in [-0.25, -0.2) is 0 Å². The molecule has 2 N–H and O–H groups in total. The number of hydrogen-bond donors (Lipinski definition) is 2. The SMILES string of the molecule is C[C@@]1(O)c2cccc(OCc3ccccc3)c2C(O)=C2C(=O)C=CC[C@@H]21. The van der Waals surface area contributed by atoms with Gasteiger partial charge in [-0.05, 0) is 36.6 Å². The maximum atomic E-state index is 12.4. The Morgan fingerprint density at radius 2 is 1.92 bits per heavy atom. The fourth-order valence-electron chi connectivity index (χ4n) is 3.86. The van der Waals surface area contributed by atoms with Crippen molar-refractivity contribution in [3.05, 3.63) is 82.9 Å². The third-order valence-electron chi connectivity index (χ3n) is 5.23. The van der Waals surface area contributed by atoms with E-state index in [0.29, 0.717) is 29.9 Å². The van der Waals surface area contributed by atoms with Crippen molar-refractivity contribution in [2.75, 3.05) is 0 Å². The van der Waals surface area contributed by atoms with Crippen LogP contribution in [0, 0.1) is 5.92 Å². The predicted octanol–water partition coefficient (Wildman–Crippen LogP) is 3.90. The molecule has 4 rings (SSSR count). The van der Waals surface area contributed by atoms with Gasteiger partial charge in [0.2, 0.25) is 0 Å². The Balaban J connectivity index is 1.80. The van der Waals surface area contributed by atoms with E-state index in [1.54, 1.807) is 31.2 Å². The fraction of sp³-hybridized carbons (Fsp3) is 0.227. The Labute approximate surface area is 152 Å². The van der Waals surface area contributed by atoms with E-state index in [2.05, 4.69) is 0 Å². The number of carbonyl (C=O) groups excluding carboxylic acids is 1. The van der Waals surface area contributed by atoms with Gasteiger partial charge in [0, 0.05) is 11.5 Å². The van der Waals surface area contributed by atoms with Gasteiger partial charge in [0.25, 0.3) is 0 Å². The summed E-state index contributed by atoms with van der Waals surface area (Å²) in [6, 6.07) is 15.0. The molecule has 0 fully saturated rings. The fourth-order valence-corrected chi connectivity index (χ4v) is 3.86. The quantitative estimate of drug-likeness (QED) is 0.883. The van der Waals surface area contributed by atoms with Crippen molar-refractivity contribution >= 4 is 11.5 Å². The Hall–Kier alpha value is -2.85. The third kappa shape index (κ3) is 2.54. The number of rotatable bonds is 3. The van der Waals surface area contributed by atoms with Crippen LogP contribution in [0.3, 0.4) is 0 Å². The highest BCUT2D eigenvalue weighted by molar-refractivity contribution is 6.10. The van der Waals surface area contributed by atoms with Gasteiger partial charge in [0.15, 0.2) is 5.78 Å². The lowest BCUT2D eigenvalue weighted by molar-refractivity contribution is -0.113. The highest BCUT2D eigenvalue weighted by Gasteiger charge is 2.46. The monoisotopic (exact) mass is 348 g/mol. The number of hydrogen-bond acceptors (Lipinski definition) is 4. The summed E-state index contributed by atoms with van der Waals surface area (Å²) in [5.74, 6) is -0.355. The molecule has 0 spiro atoms. The topological polar surface area (TPSA) is 66.8 Å². The Bertz CT molecular complexity index is 922. The number of aliphatic hydroxyl groups is 2. The lowest BCUT2D eigenvalue weighted by Gasteiger charge is -2.40. The molecule has 4 heteroatoms. The molecule has 132 valence electrons. The van der Waals surface area contributed by atoms with Gasteiger partial charge in [-0.15, -0.1) is 0 Å². The van der Waals surface area contributed by atoms with Gasteiger partial charge < -0.3 is 14.9 Å². The first-order chi connectivity index (χ1) is 12.5. The van der Waals surface area contributed by atoms with Crippen LogP contribution in [-0.4, -0.2) is 16.0 Å². The van der Waals surface area contributed by atoms with Gasteiger partial charge >= 0.3 is 0 Å². The summed E-state index contributed by atoms with van der Waals surface area (Å²) in [5.41, 5.74) is 0.986. The zero-order valence-electron chi connectivity index (χ0n) is 14.5. The van der Waals surface area contributed by atoms with Crippen LogP contribution in [0.1, 0.15) is 30.0 Å². The van der Waals surface area contributed by atoms with Crippen LogP contribution in [-0.2, 0) is 17.0 Å². The maximum absolute atomic E-state index is 12.4. The van der Waals surface area contributed by atoms with E-state index in [0.717, 1.165) is 5.56 Å². The summed E-state index contributed by atoms with van der Waals surface area (Å²) >= 11 is 0. The Morgan fingerprint density at radius 1 is 1.15 bits per heavy atom. The second-order valence-corrected chi connectivity index (χ2v) is 6.92. The second-order valence-electron chi connectivity index (χ2n) is 6.92. The second kappa shape index (κ2) is 6.15. The van der Waals surface area contributed by atoms with E-state index in [9.17, 15) is 15.0 Å². The van der Waals surface area contributed by atoms with Crippen LogP contribution in [0.2, 0.25) is 0 Å². The van der Waals surface area contributed by atoms with Gasteiger partial charge in [-0.1, -0.05) is 48.5 Å². The van der Waals surface area contributed by atoms with Crippen LogP contribution in [0.25, 0.3) is 5.76 Å². The minimum atomic E-state index is -1.26. The first-order valence-electron chi connectivity index (χ1n) is 8.67. The molecule has 0 aliphatic heterocycles. The van der Waals surface area contributed by atoms with Gasteiger partial charge in [0.05, 0.1) is 11.2 Å². The molecule has 26 heavy (non-hydrogen) atoms. The summed E-state index contributed by atoms with van der Waals surface area (Å²) < 4.78 is 5.93. The van der Waals surface area contributed by atoms with E-state index in [1.165, 1.54) is 6.08 Å².